The number of carbonyl (C=O) groups excluding carboxylic acids is 1. The van der Waals surface area contributed by atoms with E-state index in [1.54, 1.807) is 30.4 Å². The topological polar surface area (TPSA) is 29.1 Å². The molecule has 0 fully saturated rings. The summed E-state index contributed by atoms with van der Waals surface area (Å²) in [5.74, 6) is 0. The van der Waals surface area contributed by atoms with E-state index < -0.39 is 0 Å². The van der Waals surface area contributed by atoms with Crippen LogP contribution in [0.15, 0.2) is 66.8 Å². The second-order valence-electron chi connectivity index (χ2n) is 5.53. The third-order valence-electron chi connectivity index (χ3n) is 3.44. The highest BCUT2D eigenvalue weighted by Gasteiger charge is 1.96. The summed E-state index contributed by atoms with van der Waals surface area (Å²) in [5.41, 5.74) is 2.04. The van der Waals surface area contributed by atoms with Gasteiger partial charge in [-0.15, -0.1) is 0 Å². The average Bonchev–Trinajstić information content (AvgIpc) is 2.80. The summed E-state index contributed by atoms with van der Waals surface area (Å²) < 4.78 is 0. The standard InChI is InChI=1S/C11H8Cl2O.C11H14ClN.2C2H6/c12-10-6-5-9(11(13)8-10)4-2-1-3-7-14;1-9(13-2)3-4-10-5-7-11(12)8-6-10;2*1-2/h1-8H;3-9,13H,1-2H3;2*1-2H3/b3-1+,4-2+;4-3-;;. The van der Waals surface area contributed by atoms with E-state index >= 15 is 0 Å². The number of aldehydes is 1. The first kappa shape index (κ1) is 31.3. The number of likely N-dealkylation sites (N-methyl/N-ethyl adjacent to an activating group) is 1. The lowest BCUT2D eigenvalue weighted by Gasteiger charge is -2.01. The number of rotatable bonds is 6. The van der Waals surface area contributed by atoms with Crippen LogP contribution in [0.4, 0.5) is 0 Å². The molecule has 2 aromatic rings. The fourth-order valence-corrected chi connectivity index (χ4v) is 2.43. The average molecular weight is 483 g/mol. The van der Waals surface area contributed by atoms with Gasteiger partial charge in [-0.3, -0.25) is 4.79 Å². The number of hydrogen-bond acceptors (Lipinski definition) is 2. The second-order valence-corrected chi connectivity index (χ2v) is 6.81. The van der Waals surface area contributed by atoms with Crippen LogP contribution in [0.5, 0.6) is 0 Å². The van der Waals surface area contributed by atoms with E-state index in [0.717, 1.165) is 10.6 Å². The minimum absolute atomic E-state index is 0.399. The maximum atomic E-state index is 9.96. The fraction of sp³-hybridized carbons (Fsp3) is 0.269. The van der Waals surface area contributed by atoms with Gasteiger partial charge in [-0.25, -0.2) is 0 Å². The number of nitrogens with one attached hydrogen (secondary N) is 1. The molecule has 0 saturated carbocycles. The van der Waals surface area contributed by atoms with E-state index in [4.69, 9.17) is 34.8 Å². The summed E-state index contributed by atoms with van der Waals surface area (Å²) in [6.07, 6.45) is 11.5. The van der Waals surface area contributed by atoms with Crippen molar-refractivity contribution in [3.05, 3.63) is 93.0 Å². The molecule has 0 aliphatic rings. The predicted molar refractivity (Wildman–Crippen MR) is 142 cm³/mol. The lowest BCUT2D eigenvalue weighted by atomic mass is 10.2. The zero-order chi connectivity index (χ0) is 24.1. The zero-order valence-corrected chi connectivity index (χ0v) is 21.5. The van der Waals surface area contributed by atoms with E-state index in [1.807, 2.05) is 65.1 Å². The molecule has 0 aliphatic heterocycles. The smallest absolute Gasteiger partial charge is 0.142 e. The molecule has 170 valence electrons. The van der Waals surface area contributed by atoms with E-state index in [-0.39, 0.29) is 0 Å². The zero-order valence-electron chi connectivity index (χ0n) is 19.2. The van der Waals surface area contributed by atoms with Crippen LogP contribution in [0.2, 0.25) is 15.1 Å². The van der Waals surface area contributed by atoms with Gasteiger partial charge < -0.3 is 5.32 Å². The Morgan fingerprint density at radius 3 is 1.90 bits per heavy atom. The fourth-order valence-electron chi connectivity index (χ4n) is 1.83. The minimum Gasteiger partial charge on any atom is -0.314 e. The molecule has 1 N–H and O–H groups in total. The van der Waals surface area contributed by atoms with Crippen LogP contribution < -0.4 is 5.32 Å². The van der Waals surface area contributed by atoms with E-state index in [2.05, 4.69) is 24.4 Å². The van der Waals surface area contributed by atoms with Gasteiger partial charge in [0.25, 0.3) is 0 Å². The molecule has 2 nitrogen and oxygen atoms in total. The van der Waals surface area contributed by atoms with Crippen molar-refractivity contribution in [2.24, 2.45) is 0 Å². The highest BCUT2D eigenvalue weighted by atomic mass is 35.5. The van der Waals surface area contributed by atoms with E-state index in [0.29, 0.717) is 22.4 Å². The first-order valence-electron chi connectivity index (χ1n) is 10.3. The van der Waals surface area contributed by atoms with Crippen LogP contribution >= 0.6 is 34.8 Å². The second kappa shape index (κ2) is 21.4. The molecule has 0 spiro atoms. The summed E-state index contributed by atoms with van der Waals surface area (Å²) in [7, 11) is 1.94. The van der Waals surface area contributed by atoms with Crippen molar-refractivity contribution in [3.63, 3.8) is 0 Å². The van der Waals surface area contributed by atoms with Crippen molar-refractivity contribution in [2.75, 3.05) is 7.05 Å². The van der Waals surface area contributed by atoms with Crippen LogP contribution in [0.25, 0.3) is 12.2 Å². The molecule has 0 aliphatic carbocycles. The van der Waals surface area contributed by atoms with Gasteiger partial charge >= 0.3 is 0 Å². The van der Waals surface area contributed by atoms with Crippen LogP contribution in [0, 0.1) is 0 Å². The minimum atomic E-state index is 0.399. The molecule has 2 rings (SSSR count). The molecule has 31 heavy (non-hydrogen) atoms. The van der Waals surface area contributed by atoms with Crippen molar-refractivity contribution in [1.29, 1.82) is 0 Å². The molecular formula is C26H34Cl3NO. The molecule has 0 aromatic heterocycles. The molecule has 2 aromatic carbocycles. The van der Waals surface area contributed by atoms with E-state index in [1.165, 1.54) is 11.6 Å². The van der Waals surface area contributed by atoms with Crippen molar-refractivity contribution in [1.82, 2.24) is 5.32 Å². The van der Waals surface area contributed by atoms with Gasteiger partial charge in [0, 0.05) is 21.1 Å². The lowest BCUT2D eigenvalue weighted by Crippen LogP contribution is -2.17. The van der Waals surface area contributed by atoms with Gasteiger partial charge in [-0.05, 0) is 55.4 Å². The van der Waals surface area contributed by atoms with Crippen molar-refractivity contribution < 1.29 is 4.79 Å². The van der Waals surface area contributed by atoms with Gasteiger partial charge in [-0.2, -0.15) is 0 Å². The summed E-state index contributed by atoms with van der Waals surface area (Å²) >= 11 is 17.4. The first-order valence-corrected chi connectivity index (χ1v) is 11.4. The Hall–Kier alpha value is -1.84. The predicted octanol–water partition coefficient (Wildman–Crippen LogP) is 8.78. The van der Waals surface area contributed by atoms with Gasteiger partial charge in [0.2, 0.25) is 0 Å². The molecule has 1 atom stereocenters. The van der Waals surface area contributed by atoms with E-state index in [9.17, 15) is 4.79 Å². The largest absolute Gasteiger partial charge is 0.314 e. The Bertz CT molecular complexity index is 797. The molecule has 0 saturated heterocycles. The van der Waals surface area contributed by atoms with Crippen molar-refractivity contribution in [2.45, 2.75) is 40.7 Å². The number of allylic oxidation sites excluding steroid dienone is 3. The Kier molecular flexibility index (Phi) is 21.6. The quantitative estimate of drug-likeness (QED) is 0.253. The molecule has 0 radical (unpaired) electrons. The SMILES string of the molecule is CC.CC.CNC(C)/C=C\c1ccc(Cl)cc1.O=C/C=C/C=C/c1ccc(Cl)cc1Cl. The van der Waals surface area contributed by atoms with Crippen LogP contribution in [0.3, 0.4) is 0 Å². The molecule has 0 bridgehead atoms. The number of halogens is 3. The summed E-state index contributed by atoms with van der Waals surface area (Å²) in [6.45, 7) is 10.1. The molecule has 0 heterocycles. The van der Waals surface area contributed by atoms with Crippen LogP contribution in [-0.4, -0.2) is 19.4 Å². The normalized spacial score (nSPS) is 11.1. The highest BCUT2D eigenvalue weighted by molar-refractivity contribution is 6.35. The number of benzene rings is 2. The van der Waals surface area contributed by atoms with Crippen molar-refractivity contribution >= 4 is 53.2 Å². The van der Waals surface area contributed by atoms with Gasteiger partial charge in [0.1, 0.15) is 6.29 Å². The van der Waals surface area contributed by atoms with Crippen molar-refractivity contribution in [3.8, 4) is 0 Å². The maximum absolute atomic E-state index is 9.96. The Morgan fingerprint density at radius 2 is 1.39 bits per heavy atom. The van der Waals surface area contributed by atoms with Gasteiger partial charge in [0.15, 0.2) is 0 Å². The summed E-state index contributed by atoms with van der Waals surface area (Å²) in [4.78, 5) is 9.96. The monoisotopic (exact) mass is 481 g/mol. The third-order valence-corrected chi connectivity index (χ3v) is 4.26. The molecule has 1 unspecified atom stereocenters. The molecule has 5 heteroatoms. The Labute approximate surface area is 203 Å². The molecular weight excluding hydrogens is 449 g/mol. The van der Waals surface area contributed by atoms with Crippen LogP contribution in [-0.2, 0) is 4.79 Å². The maximum Gasteiger partial charge on any atom is 0.142 e. The Balaban J connectivity index is 0. The summed E-state index contributed by atoms with van der Waals surface area (Å²) in [5, 5.41) is 5.11. The Morgan fingerprint density at radius 1 is 0.806 bits per heavy atom. The third kappa shape index (κ3) is 16.5. The van der Waals surface area contributed by atoms with Crippen LogP contribution in [0.1, 0.15) is 45.7 Å². The number of hydrogen-bond donors (Lipinski definition) is 1. The number of carbonyl (C=O) groups is 1. The highest BCUT2D eigenvalue weighted by Crippen LogP contribution is 2.21. The lowest BCUT2D eigenvalue weighted by molar-refractivity contribution is -0.104. The van der Waals surface area contributed by atoms with Gasteiger partial charge in [0.05, 0.1) is 0 Å². The molecule has 0 amide bonds. The van der Waals surface area contributed by atoms with Gasteiger partial charge in [-0.1, -0.05) is 111 Å². The first-order chi connectivity index (χ1) is 15.0. The summed E-state index contributed by atoms with van der Waals surface area (Å²) in [6, 6.07) is 13.4.